The number of carbonyl (C=O) groups is 1. The van der Waals surface area contributed by atoms with Gasteiger partial charge in [0.15, 0.2) is 0 Å². The van der Waals surface area contributed by atoms with E-state index in [1.54, 1.807) is 0 Å². The Balaban J connectivity index is 2.16. The van der Waals surface area contributed by atoms with Crippen molar-refractivity contribution in [3.63, 3.8) is 0 Å². The van der Waals surface area contributed by atoms with E-state index in [1.807, 2.05) is 4.98 Å². The number of nitrogens with zero attached hydrogens (tertiary/aromatic N) is 1. The molecule has 1 aromatic rings. The molecule has 1 aliphatic rings. The first-order chi connectivity index (χ1) is 8.58. The second-order valence-electron chi connectivity index (χ2n) is 4.22. The maximum absolute atomic E-state index is 11.5. The van der Waals surface area contributed by atoms with E-state index < -0.39 is 22.8 Å². The van der Waals surface area contributed by atoms with Crippen LogP contribution in [0.1, 0.15) is 29.6 Å². The summed E-state index contributed by atoms with van der Waals surface area (Å²) in [6.45, 7) is 1.06. The molecule has 18 heavy (non-hydrogen) atoms. The molecule has 0 spiro atoms. The Kier molecular flexibility index (Phi) is 3.61. The van der Waals surface area contributed by atoms with Gasteiger partial charge in [0.25, 0.3) is 5.56 Å². The van der Waals surface area contributed by atoms with Gasteiger partial charge in [0, 0.05) is 19.3 Å². The molecule has 0 bridgehead atoms. The van der Waals surface area contributed by atoms with Crippen molar-refractivity contribution in [2.45, 2.75) is 31.9 Å². The van der Waals surface area contributed by atoms with Gasteiger partial charge in [-0.2, -0.15) is 0 Å². The van der Waals surface area contributed by atoms with Crippen molar-refractivity contribution in [1.82, 2.24) is 9.55 Å². The van der Waals surface area contributed by atoms with Gasteiger partial charge in [-0.1, -0.05) is 0 Å². The summed E-state index contributed by atoms with van der Waals surface area (Å²) in [5, 5.41) is 8.80. The smallest absolute Gasteiger partial charge is 0.342 e. The van der Waals surface area contributed by atoms with Crippen molar-refractivity contribution in [1.29, 1.82) is 0 Å². The summed E-state index contributed by atoms with van der Waals surface area (Å²) in [7, 11) is 0. The molecule has 7 nitrogen and oxygen atoms in total. The average Bonchev–Trinajstić information content (AvgIpc) is 2.80. The van der Waals surface area contributed by atoms with E-state index in [9.17, 15) is 14.4 Å². The molecular weight excluding hydrogens is 240 g/mol. The number of carboxylic acid groups (broad SMARTS) is 1. The standard InChI is InChI=1S/C11H14N2O5/c14-9-8(10(15)16)6-13(11(17)12-9)4-3-7-2-1-5-18-7/h6-7H,1-5H2,(H,15,16)(H,12,14,17). The van der Waals surface area contributed by atoms with Gasteiger partial charge in [-0.3, -0.25) is 14.3 Å². The Morgan fingerprint density at radius 3 is 2.94 bits per heavy atom. The summed E-state index contributed by atoms with van der Waals surface area (Å²) in [4.78, 5) is 35.5. The monoisotopic (exact) mass is 254 g/mol. The number of hydrogen-bond donors (Lipinski definition) is 2. The molecule has 0 aliphatic carbocycles. The van der Waals surface area contributed by atoms with Crippen molar-refractivity contribution in [3.8, 4) is 0 Å². The highest BCUT2D eigenvalue weighted by Gasteiger charge is 2.16. The fourth-order valence-electron chi connectivity index (χ4n) is 1.98. The Hall–Kier alpha value is -1.89. The lowest BCUT2D eigenvalue weighted by Gasteiger charge is -2.10. The zero-order valence-electron chi connectivity index (χ0n) is 9.72. The summed E-state index contributed by atoms with van der Waals surface area (Å²) >= 11 is 0. The average molecular weight is 254 g/mol. The molecule has 2 N–H and O–H groups in total. The number of rotatable bonds is 4. The van der Waals surface area contributed by atoms with E-state index >= 15 is 0 Å². The molecule has 98 valence electrons. The van der Waals surface area contributed by atoms with E-state index in [2.05, 4.69) is 0 Å². The first-order valence-electron chi connectivity index (χ1n) is 5.76. The highest BCUT2D eigenvalue weighted by atomic mass is 16.5. The van der Waals surface area contributed by atoms with E-state index in [-0.39, 0.29) is 6.10 Å². The maximum atomic E-state index is 11.5. The fourth-order valence-corrected chi connectivity index (χ4v) is 1.98. The molecule has 2 rings (SSSR count). The van der Waals surface area contributed by atoms with Crippen molar-refractivity contribution in [3.05, 3.63) is 32.6 Å². The maximum Gasteiger partial charge on any atom is 0.342 e. The summed E-state index contributed by atoms with van der Waals surface area (Å²) in [5.41, 5.74) is -1.90. The molecule has 1 aromatic heterocycles. The lowest BCUT2D eigenvalue weighted by atomic mass is 10.2. The van der Waals surface area contributed by atoms with Crippen LogP contribution < -0.4 is 11.2 Å². The normalized spacial score (nSPS) is 19.0. The molecule has 0 aromatic carbocycles. The van der Waals surface area contributed by atoms with Gasteiger partial charge in [-0.05, 0) is 19.3 Å². The summed E-state index contributed by atoms with van der Waals surface area (Å²) in [6, 6.07) is 0. The van der Waals surface area contributed by atoms with Gasteiger partial charge in [-0.15, -0.1) is 0 Å². The van der Waals surface area contributed by atoms with Crippen LogP contribution in [0.3, 0.4) is 0 Å². The predicted octanol–water partition coefficient (Wildman–Crippen LogP) is -0.196. The van der Waals surface area contributed by atoms with Gasteiger partial charge in [0.05, 0.1) is 6.10 Å². The molecule has 1 unspecified atom stereocenters. The van der Waals surface area contributed by atoms with Gasteiger partial charge in [-0.25, -0.2) is 9.59 Å². The molecule has 1 fully saturated rings. The quantitative estimate of drug-likeness (QED) is 0.775. The van der Waals surface area contributed by atoms with Crippen LogP contribution >= 0.6 is 0 Å². The molecule has 1 atom stereocenters. The number of nitrogens with one attached hydrogen (secondary N) is 1. The van der Waals surface area contributed by atoms with Crippen LogP contribution in [-0.2, 0) is 11.3 Å². The third-order valence-corrected chi connectivity index (χ3v) is 2.96. The summed E-state index contributed by atoms with van der Waals surface area (Å²) in [6.07, 6.45) is 3.77. The predicted molar refractivity (Wildman–Crippen MR) is 61.9 cm³/mol. The molecule has 0 saturated carbocycles. The second kappa shape index (κ2) is 5.18. The van der Waals surface area contributed by atoms with Crippen LogP contribution in [0.4, 0.5) is 0 Å². The molecule has 7 heteroatoms. The van der Waals surface area contributed by atoms with Crippen molar-refractivity contribution < 1.29 is 14.6 Å². The first kappa shape index (κ1) is 12.6. The number of aromatic carboxylic acids is 1. The molecular formula is C11H14N2O5. The van der Waals surface area contributed by atoms with Gasteiger partial charge in [0.1, 0.15) is 5.56 Å². The van der Waals surface area contributed by atoms with Gasteiger partial charge >= 0.3 is 11.7 Å². The SMILES string of the molecule is O=C(O)c1cn(CCC2CCCO2)c(=O)[nH]c1=O. The summed E-state index contributed by atoms with van der Waals surface area (Å²) in [5.74, 6) is -1.35. The van der Waals surface area contributed by atoms with Crippen molar-refractivity contribution >= 4 is 5.97 Å². The minimum Gasteiger partial charge on any atom is -0.477 e. The Morgan fingerprint density at radius 1 is 1.56 bits per heavy atom. The number of H-pyrrole nitrogens is 1. The highest BCUT2D eigenvalue weighted by Crippen LogP contribution is 2.15. The van der Waals surface area contributed by atoms with Crippen LogP contribution in [0.15, 0.2) is 15.8 Å². The molecule has 1 saturated heterocycles. The topological polar surface area (TPSA) is 101 Å². The Bertz CT molecular complexity index is 553. The third-order valence-electron chi connectivity index (χ3n) is 2.96. The van der Waals surface area contributed by atoms with Gasteiger partial charge < -0.3 is 9.84 Å². The lowest BCUT2D eigenvalue weighted by Crippen LogP contribution is -2.33. The Labute approximate surface area is 102 Å². The Morgan fingerprint density at radius 2 is 2.33 bits per heavy atom. The third kappa shape index (κ3) is 2.67. The van der Waals surface area contributed by atoms with E-state index in [4.69, 9.17) is 9.84 Å². The van der Waals surface area contributed by atoms with Crippen LogP contribution in [0.2, 0.25) is 0 Å². The highest BCUT2D eigenvalue weighted by molar-refractivity contribution is 5.86. The molecule has 2 heterocycles. The van der Waals surface area contributed by atoms with Gasteiger partial charge in [0.2, 0.25) is 0 Å². The van der Waals surface area contributed by atoms with E-state index in [1.165, 1.54) is 4.57 Å². The van der Waals surface area contributed by atoms with Crippen LogP contribution in [0, 0.1) is 0 Å². The minimum atomic E-state index is -1.35. The van der Waals surface area contributed by atoms with Crippen LogP contribution in [0.25, 0.3) is 0 Å². The molecule has 1 aliphatic heterocycles. The minimum absolute atomic E-state index is 0.108. The number of aryl methyl sites for hydroxylation is 1. The van der Waals surface area contributed by atoms with Crippen LogP contribution in [0.5, 0.6) is 0 Å². The molecule has 0 radical (unpaired) electrons. The van der Waals surface area contributed by atoms with Crippen molar-refractivity contribution in [2.24, 2.45) is 0 Å². The molecule has 0 amide bonds. The number of aromatic nitrogens is 2. The van der Waals surface area contributed by atoms with Crippen LogP contribution in [-0.4, -0.2) is 33.3 Å². The number of aromatic amines is 1. The lowest BCUT2D eigenvalue weighted by molar-refractivity contribution is 0.0693. The fraction of sp³-hybridized carbons (Fsp3) is 0.545. The van der Waals surface area contributed by atoms with Crippen molar-refractivity contribution in [2.75, 3.05) is 6.61 Å². The number of ether oxygens (including phenoxy) is 1. The number of carboxylic acids is 1. The van der Waals surface area contributed by atoms with E-state index in [0.29, 0.717) is 13.0 Å². The largest absolute Gasteiger partial charge is 0.477 e. The van der Waals surface area contributed by atoms with E-state index in [0.717, 1.165) is 25.6 Å². The second-order valence-corrected chi connectivity index (χ2v) is 4.22. The number of hydrogen-bond acceptors (Lipinski definition) is 4. The zero-order chi connectivity index (χ0) is 13.1. The summed E-state index contributed by atoms with van der Waals surface area (Å²) < 4.78 is 6.61. The first-order valence-corrected chi connectivity index (χ1v) is 5.76. The zero-order valence-corrected chi connectivity index (χ0v) is 9.72.